The van der Waals surface area contributed by atoms with Crippen LogP contribution in [0, 0.1) is 0 Å². The molecule has 380 valence electrons. The minimum absolute atomic E-state index is 0.0493. The van der Waals surface area contributed by atoms with Gasteiger partial charge in [-0.15, -0.1) is 0 Å². The summed E-state index contributed by atoms with van der Waals surface area (Å²) in [4.78, 5) is 89.3. The van der Waals surface area contributed by atoms with Gasteiger partial charge in [0.15, 0.2) is 11.5 Å². The molecule has 0 fully saturated rings. The molecule has 0 spiro atoms. The van der Waals surface area contributed by atoms with Crippen molar-refractivity contribution in [1.82, 2.24) is 0 Å². The van der Waals surface area contributed by atoms with Gasteiger partial charge in [-0.1, -0.05) is 135 Å². The number of imide groups is 2. The van der Waals surface area contributed by atoms with Gasteiger partial charge in [0.2, 0.25) is 0 Å². The number of fused-ring (bicyclic) bond motifs is 4. The summed E-state index contributed by atoms with van der Waals surface area (Å²) in [6.07, 6.45) is 0. The number of nitrogens with zero attached hydrogens (tertiary/aromatic N) is 2. The van der Waals surface area contributed by atoms with Crippen molar-refractivity contribution in [1.29, 1.82) is 0 Å². The lowest BCUT2D eigenvalue weighted by atomic mass is 9.71. The van der Waals surface area contributed by atoms with E-state index in [-0.39, 0.29) is 78.5 Å². The number of carbonyl (C=O) groups excluding carboxylic acids is 4. The van der Waals surface area contributed by atoms with Crippen molar-refractivity contribution in [2.45, 2.75) is 143 Å². The molecule has 12 nitrogen and oxygen atoms in total. The van der Waals surface area contributed by atoms with E-state index in [1.807, 2.05) is 135 Å². The summed E-state index contributed by atoms with van der Waals surface area (Å²) in [5, 5.41) is 21.5. The number of hydrogen-bond donors (Lipinski definition) is 2. The maximum Gasteiger partial charge on any atom is 0.339 e. The van der Waals surface area contributed by atoms with Crippen LogP contribution >= 0.6 is 0 Å². The lowest BCUT2D eigenvalue weighted by Gasteiger charge is -2.40. The van der Waals surface area contributed by atoms with E-state index < -0.39 is 68.1 Å². The molecular formula is C62H62N2O10. The van der Waals surface area contributed by atoms with Gasteiger partial charge >= 0.3 is 11.9 Å². The molecule has 0 atom stereocenters. The molecule has 4 heterocycles. The van der Waals surface area contributed by atoms with E-state index in [4.69, 9.17) is 9.47 Å². The maximum absolute atomic E-state index is 15.3. The number of aromatic carboxylic acids is 2. The van der Waals surface area contributed by atoms with Gasteiger partial charge in [0.25, 0.3) is 23.6 Å². The van der Waals surface area contributed by atoms with Crippen LogP contribution in [0.25, 0.3) is 10.8 Å². The topological polar surface area (TPSA) is 168 Å². The van der Waals surface area contributed by atoms with Crippen molar-refractivity contribution < 1.29 is 48.5 Å². The summed E-state index contributed by atoms with van der Waals surface area (Å²) in [6.45, 7) is 32.1. The molecule has 4 amide bonds. The highest BCUT2D eigenvalue weighted by atomic mass is 16.5. The van der Waals surface area contributed by atoms with Gasteiger partial charge in [0.1, 0.15) is 22.6 Å². The largest absolute Gasteiger partial charge is 0.478 e. The van der Waals surface area contributed by atoms with Crippen LogP contribution in [0.3, 0.4) is 0 Å². The predicted molar refractivity (Wildman–Crippen MR) is 285 cm³/mol. The standard InChI is InChI=1S/C62H62N2O10/c1-57(2,3)29-21-37(55(69)70)47-39(23-29)61(13,14)41-25-31(59(7,8)9)27-43(49(41)73-47)63-51(65)33-17-19-35-46-36(20-18-34(45(33)46)52(63)66)54(68)64(53(35)67)44-28-32(60(10,11)12)26-42-50(44)74-48-38(56(71)72)22-30(58(4,5)6)24-40(48)62(42,15)16/h17-28H,1-16H3,(H,69,70)(H,71,72). The zero-order valence-corrected chi connectivity index (χ0v) is 45.0. The highest BCUT2D eigenvalue weighted by Crippen LogP contribution is 2.58. The molecule has 0 aromatic heterocycles. The zero-order valence-electron chi connectivity index (χ0n) is 45.0. The molecule has 0 unspecified atom stereocenters. The number of carboxylic acid groups (broad SMARTS) is 2. The lowest BCUT2D eigenvalue weighted by molar-refractivity contribution is 0.0682. The molecule has 2 N–H and O–H groups in total. The number of anilines is 2. The van der Waals surface area contributed by atoms with Gasteiger partial charge in [-0.3, -0.25) is 19.2 Å². The van der Waals surface area contributed by atoms with Crippen LogP contribution in [0.2, 0.25) is 0 Å². The predicted octanol–water partition coefficient (Wildman–Crippen LogP) is 13.9. The van der Waals surface area contributed by atoms with Crippen molar-refractivity contribution in [3.8, 4) is 23.0 Å². The molecule has 0 saturated carbocycles. The molecule has 12 heteroatoms. The van der Waals surface area contributed by atoms with Crippen molar-refractivity contribution in [2.75, 3.05) is 9.80 Å². The van der Waals surface area contributed by atoms with Crippen molar-refractivity contribution >= 4 is 57.7 Å². The number of hydrogen-bond acceptors (Lipinski definition) is 8. The molecule has 0 bridgehead atoms. The Morgan fingerprint density at radius 2 is 0.649 bits per heavy atom. The molecule has 0 radical (unpaired) electrons. The van der Waals surface area contributed by atoms with Crippen LogP contribution in [0.15, 0.2) is 72.8 Å². The van der Waals surface area contributed by atoms with Gasteiger partial charge in [-0.2, -0.15) is 0 Å². The summed E-state index contributed by atoms with van der Waals surface area (Å²) < 4.78 is 13.4. The molecule has 10 rings (SSSR count). The third-order valence-electron chi connectivity index (χ3n) is 15.7. The van der Waals surface area contributed by atoms with Gasteiger partial charge in [-0.25, -0.2) is 19.4 Å². The Kier molecular flexibility index (Phi) is 10.4. The number of rotatable bonds is 4. The normalized spacial score (nSPS) is 16.5. The second-order valence-corrected chi connectivity index (χ2v) is 25.6. The number of amides is 4. The number of carboxylic acids is 2. The van der Waals surface area contributed by atoms with Gasteiger partial charge in [0.05, 0.1) is 11.4 Å². The lowest BCUT2D eigenvalue weighted by Crippen LogP contribution is -2.44. The van der Waals surface area contributed by atoms with E-state index in [0.29, 0.717) is 22.3 Å². The van der Waals surface area contributed by atoms with E-state index >= 15 is 19.2 Å². The van der Waals surface area contributed by atoms with Crippen LogP contribution < -0.4 is 19.3 Å². The van der Waals surface area contributed by atoms with Gasteiger partial charge in [-0.05, 0) is 92.4 Å². The molecule has 0 saturated heterocycles. The number of benzene rings is 6. The van der Waals surface area contributed by atoms with Crippen LogP contribution in [0.5, 0.6) is 23.0 Å². The molecule has 6 aromatic carbocycles. The first-order chi connectivity index (χ1) is 34.1. The Hall–Kier alpha value is -7.60. The smallest absolute Gasteiger partial charge is 0.339 e. The Bertz CT molecular complexity index is 3330. The average Bonchev–Trinajstić information content (AvgIpc) is 3.28. The fraction of sp³-hybridized carbons (Fsp3) is 0.355. The van der Waals surface area contributed by atoms with Crippen LogP contribution in [-0.4, -0.2) is 45.8 Å². The fourth-order valence-corrected chi connectivity index (χ4v) is 11.0. The monoisotopic (exact) mass is 994 g/mol. The molecule has 74 heavy (non-hydrogen) atoms. The zero-order chi connectivity index (χ0) is 54.2. The highest BCUT2D eigenvalue weighted by Gasteiger charge is 2.48. The van der Waals surface area contributed by atoms with E-state index in [1.165, 1.54) is 24.3 Å². The Morgan fingerprint density at radius 3 is 0.892 bits per heavy atom. The Balaban J connectivity index is 1.13. The number of carbonyl (C=O) groups is 6. The number of ether oxygens (including phenoxy) is 2. The summed E-state index contributed by atoms with van der Waals surface area (Å²) >= 11 is 0. The van der Waals surface area contributed by atoms with Crippen LogP contribution in [-0.2, 0) is 32.5 Å². The Morgan fingerprint density at radius 1 is 0.405 bits per heavy atom. The molecule has 4 aliphatic heterocycles. The quantitative estimate of drug-likeness (QED) is 0.162. The van der Waals surface area contributed by atoms with Crippen LogP contribution in [0.4, 0.5) is 11.4 Å². The second-order valence-electron chi connectivity index (χ2n) is 25.6. The summed E-state index contributed by atoms with van der Waals surface area (Å²) in [5.74, 6) is -4.70. The fourth-order valence-electron chi connectivity index (χ4n) is 11.0. The first kappa shape index (κ1) is 50.0. The molecule has 4 aliphatic rings. The van der Waals surface area contributed by atoms with Crippen molar-refractivity contribution in [3.63, 3.8) is 0 Å². The minimum Gasteiger partial charge on any atom is -0.478 e. The summed E-state index contributed by atoms with van der Waals surface area (Å²) in [7, 11) is 0. The third-order valence-corrected chi connectivity index (χ3v) is 15.7. The molecular weight excluding hydrogens is 933 g/mol. The average molecular weight is 995 g/mol. The van der Waals surface area contributed by atoms with Crippen molar-refractivity contribution in [3.05, 3.63) is 151 Å². The molecule has 0 aliphatic carbocycles. The first-order valence-electron chi connectivity index (χ1n) is 25.0. The van der Waals surface area contributed by atoms with E-state index in [0.717, 1.165) is 32.1 Å². The highest BCUT2D eigenvalue weighted by molar-refractivity contribution is 6.42. The SMILES string of the molecule is CC(C)(C)c1cc(C(=O)O)c2c(c1)C(C)(C)c1cc(C(C)(C)C)cc(N3C(=O)c4ccc5c6c(ccc(c46)C3=O)C(=O)N(c3cc(C(C)(C)C)cc4c3Oc3c(C(=O)O)cc(C(C)(C)C)cc3C4(C)C)C5=O)c1O2. The summed E-state index contributed by atoms with van der Waals surface area (Å²) in [6, 6.07) is 20.7. The van der Waals surface area contributed by atoms with Gasteiger partial charge in [0, 0.05) is 66.1 Å². The first-order valence-corrected chi connectivity index (χ1v) is 25.0. The summed E-state index contributed by atoms with van der Waals surface area (Å²) in [5.41, 5.74) is 2.77. The maximum atomic E-state index is 15.3. The third kappa shape index (κ3) is 7.14. The van der Waals surface area contributed by atoms with Crippen molar-refractivity contribution in [2.24, 2.45) is 0 Å². The minimum atomic E-state index is -1.19. The Labute approximate surface area is 431 Å². The van der Waals surface area contributed by atoms with Crippen LogP contribution in [0.1, 0.15) is 217 Å². The van der Waals surface area contributed by atoms with E-state index in [1.54, 1.807) is 24.3 Å². The van der Waals surface area contributed by atoms with E-state index in [9.17, 15) is 19.8 Å². The molecule has 6 aromatic rings. The van der Waals surface area contributed by atoms with E-state index in [2.05, 4.69) is 0 Å². The second kappa shape index (κ2) is 15.5. The van der Waals surface area contributed by atoms with Gasteiger partial charge < -0.3 is 19.7 Å².